The lowest BCUT2D eigenvalue weighted by Gasteiger charge is -2.06. The molecule has 0 aliphatic rings. The van der Waals surface area contributed by atoms with E-state index < -0.39 is 0 Å². The molecule has 0 atom stereocenters. The van der Waals surface area contributed by atoms with Crippen LogP contribution in [0.1, 0.15) is 0 Å². The molecule has 1 aromatic carbocycles. The number of methoxy groups -OCH3 is 1. The highest BCUT2D eigenvalue weighted by Gasteiger charge is 2.07. The van der Waals surface area contributed by atoms with E-state index in [9.17, 15) is 4.79 Å². The summed E-state index contributed by atoms with van der Waals surface area (Å²) in [5.41, 5.74) is 1.08. The van der Waals surface area contributed by atoms with E-state index in [0.29, 0.717) is 11.3 Å². The monoisotopic (exact) mass is 202 g/mol. The second-order valence-electron chi connectivity index (χ2n) is 2.99. The number of nitrogens with zero attached hydrogens (tertiary/aromatic N) is 1. The molecule has 0 radical (unpaired) electrons. The topological polar surface area (TPSA) is 55.0 Å². The Bertz CT molecular complexity index is 520. The van der Waals surface area contributed by atoms with Crippen molar-refractivity contribution in [2.45, 2.75) is 0 Å². The fourth-order valence-corrected chi connectivity index (χ4v) is 1.40. The number of aromatic amines is 1. The molecule has 2 rings (SSSR count). The summed E-state index contributed by atoms with van der Waals surface area (Å²) >= 11 is 0. The molecule has 0 unspecified atom stereocenters. The lowest BCUT2D eigenvalue weighted by Crippen LogP contribution is -2.08. The van der Waals surface area contributed by atoms with Crippen LogP contribution in [0, 0.1) is 0 Å². The maximum Gasteiger partial charge on any atom is 0.258 e. The maximum atomic E-state index is 11.5. The third-order valence-corrected chi connectivity index (χ3v) is 2.12. The minimum atomic E-state index is -0.172. The van der Waals surface area contributed by atoms with E-state index in [-0.39, 0.29) is 5.56 Å². The number of rotatable bonds is 2. The lowest BCUT2D eigenvalue weighted by atomic mass is 10.1. The Morgan fingerprint density at radius 2 is 2.07 bits per heavy atom. The van der Waals surface area contributed by atoms with Gasteiger partial charge in [0, 0.05) is 11.8 Å². The van der Waals surface area contributed by atoms with Crippen LogP contribution in [0.25, 0.3) is 11.1 Å². The smallest absolute Gasteiger partial charge is 0.258 e. The zero-order valence-corrected chi connectivity index (χ0v) is 8.23. The van der Waals surface area contributed by atoms with Gasteiger partial charge in [0.1, 0.15) is 5.75 Å². The van der Waals surface area contributed by atoms with Crippen molar-refractivity contribution >= 4 is 0 Å². The summed E-state index contributed by atoms with van der Waals surface area (Å²) in [6.45, 7) is 0. The minimum Gasteiger partial charge on any atom is -0.496 e. The second-order valence-corrected chi connectivity index (χ2v) is 2.99. The fourth-order valence-electron chi connectivity index (χ4n) is 1.40. The number of nitrogens with one attached hydrogen (secondary N) is 1. The predicted octanol–water partition coefficient (Wildman–Crippen LogP) is 1.45. The van der Waals surface area contributed by atoms with Crippen molar-refractivity contribution in [1.82, 2.24) is 9.97 Å². The normalized spacial score (nSPS) is 9.93. The minimum absolute atomic E-state index is 0.172. The molecule has 0 bridgehead atoms. The standard InChI is InChI=1S/C11H10N2O2/c1-15-10-5-3-2-4-8(10)9-6-12-7-13-11(9)14/h2-7H,1H3,(H,12,13,14). The Morgan fingerprint density at radius 1 is 1.27 bits per heavy atom. The molecule has 0 fully saturated rings. The number of para-hydroxylation sites is 1. The van der Waals surface area contributed by atoms with Crippen molar-refractivity contribution in [3.63, 3.8) is 0 Å². The summed E-state index contributed by atoms with van der Waals surface area (Å²) in [6, 6.07) is 7.34. The summed E-state index contributed by atoms with van der Waals surface area (Å²) in [5.74, 6) is 0.663. The number of H-pyrrole nitrogens is 1. The van der Waals surface area contributed by atoms with Crippen LogP contribution in [0.3, 0.4) is 0 Å². The van der Waals surface area contributed by atoms with Crippen LogP contribution >= 0.6 is 0 Å². The molecule has 0 aliphatic heterocycles. The summed E-state index contributed by atoms with van der Waals surface area (Å²) in [6.07, 6.45) is 2.89. The van der Waals surface area contributed by atoms with Crippen molar-refractivity contribution in [3.8, 4) is 16.9 Å². The molecule has 0 spiro atoms. The van der Waals surface area contributed by atoms with Gasteiger partial charge in [0.2, 0.25) is 0 Å². The van der Waals surface area contributed by atoms with E-state index >= 15 is 0 Å². The molecule has 1 heterocycles. The average Bonchev–Trinajstić information content (AvgIpc) is 2.30. The quantitative estimate of drug-likeness (QED) is 0.801. The van der Waals surface area contributed by atoms with Gasteiger partial charge in [-0.2, -0.15) is 0 Å². The van der Waals surface area contributed by atoms with Crippen LogP contribution in [0.4, 0.5) is 0 Å². The highest BCUT2D eigenvalue weighted by molar-refractivity contribution is 5.68. The van der Waals surface area contributed by atoms with E-state index in [1.165, 1.54) is 12.5 Å². The highest BCUT2D eigenvalue weighted by atomic mass is 16.5. The van der Waals surface area contributed by atoms with Crippen molar-refractivity contribution in [2.24, 2.45) is 0 Å². The predicted molar refractivity (Wildman–Crippen MR) is 56.8 cm³/mol. The number of hydrogen-bond donors (Lipinski definition) is 1. The molecule has 4 heteroatoms. The number of benzene rings is 1. The maximum absolute atomic E-state index is 11.5. The zero-order valence-electron chi connectivity index (χ0n) is 8.23. The number of aromatic nitrogens is 2. The van der Waals surface area contributed by atoms with Gasteiger partial charge in [-0.25, -0.2) is 4.98 Å². The van der Waals surface area contributed by atoms with Crippen molar-refractivity contribution in [3.05, 3.63) is 47.1 Å². The Balaban J connectivity index is 2.64. The summed E-state index contributed by atoms with van der Waals surface area (Å²) < 4.78 is 5.17. The zero-order chi connectivity index (χ0) is 10.7. The van der Waals surface area contributed by atoms with Gasteiger partial charge in [-0.15, -0.1) is 0 Å². The van der Waals surface area contributed by atoms with Gasteiger partial charge in [-0.05, 0) is 6.07 Å². The summed E-state index contributed by atoms with van der Waals surface area (Å²) in [4.78, 5) is 18.0. The van der Waals surface area contributed by atoms with Gasteiger partial charge >= 0.3 is 0 Å². The third-order valence-electron chi connectivity index (χ3n) is 2.12. The largest absolute Gasteiger partial charge is 0.496 e. The van der Waals surface area contributed by atoms with Crippen LogP contribution in [-0.4, -0.2) is 17.1 Å². The molecule has 4 nitrogen and oxygen atoms in total. The van der Waals surface area contributed by atoms with Crippen molar-refractivity contribution in [2.75, 3.05) is 7.11 Å². The van der Waals surface area contributed by atoms with Gasteiger partial charge in [-0.1, -0.05) is 18.2 Å². The number of hydrogen-bond acceptors (Lipinski definition) is 3. The SMILES string of the molecule is COc1ccccc1-c1cnc[nH]c1=O. The van der Waals surface area contributed by atoms with Gasteiger partial charge < -0.3 is 9.72 Å². The first-order valence-corrected chi connectivity index (χ1v) is 4.49. The van der Waals surface area contributed by atoms with Gasteiger partial charge in [0.15, 0.2) is 0 Å². The van der Waals surface area contributed by atoms with Crippen LogP contribution in [0.15, 0.2) is 41.6 Å². The Morgan fingerprint density at radius 3 is 2.80 bits per heavy atom. The number of ether oxygens (including phenoxy) is 1. The second kappa shape index (κ2) is 3.96. The lowest BCUT2D eigenvalue weighted by molar-refractivity contribution is 0.416. The molecule has 15 heavy (non-hydrogen) atoms. The van der Waals surface area contributed by atoms with Crippen molar-refractivity contribution in [1.29, 1.82) is 0 Å². The van der Waals surface area contributed by atoms with E-state index in [2.05, 4.69) is 9.97 Å². The Kier molecular flexibility index (Phi) is 2.49. The van der Waals surface area contributed by atoms with Crippen LogP contribution in [0.5, 0.6) is 5.75 Å². The van der Waals surface area contributed by atoms with E-state index in [1.54, 1.807) is 7.11 Å². The molecule has 1 aromatic heterocycles. The molecule has 76 valence electrons. The molecule has 0 aliphatic carbocycles. The van der Waals surface area contributed by atoms with Crippen molar-refractivity contribution < 1.29 is 4.74 Å². The first-order valence-electron chi connectivity index (χ1n) is 4.49. The van der Waals surface area contributed by atoms with Gasteiger partial charge in [-0.3, -0.25) is 4.79 Å². The van der Waals surface area contributed by atoms with Gasteiger partial charge in [0.25, 0.3) is 5.56 Å². The van der Waals surface area contributed by atoms with Gasteiger partial charge in [0.05, 0.1) is 19.0 Å². The molecule has 0 saturated carbocycles. The first kappa shape index (κ1) is 9.45. The van der Waals surface area contributed by atoms with E-state index in [0.717, 1.165) is 5.56 Å². The molecule has 0 amide bonds. The third kappa shape index (κ3) is 1.74. The molecule has 2 aromatic rings. The fraction of sp³-hybridized carbons (Fsp3) is 0.0909. The Hall–Kier alpha value is -2.10. The first-order chi connectivity index (χ1) is 7.33. The average molecular weight is 202 g/mol. The molecule has 0 saturated heterocycles. The summed E-state index contributed by atoms with van der Waals surface area (Å²) in [7, 11) is 1.57. The van der Waals surface area contributed by atoms with E-state index in [4.69, 9.17) is 4.74 Å². The molecular formula is C11H10N2O2. The molecular weight excluding hydrogens is 192 g/mol. The van der Waals surface area contributed by atoms with Crippen LogP contribution < -0.4 is 10.3 Å². The van der Waals surface area contributed by atoms with E-state index in [1.807, 2.05) is 24.3 Å². The van der Waals surface area contributed by atoms with Crippen LogP contribution in [0.2, 0.25) is 0 Å². The van der Waals surface area contributed by atoms with Crippen LogP contribution in [-0.2, 0) is 0 Å². The Labute approximate surface area is 86.6 Å². The summed E-state index contributed by atoms with van der Waals surface area (Å²) in [5, 5.41) is 0. The highest BCUT2D eigenvalue weighted by Crippen LogP contribution is 2.25. The molecule has 1 N–H and O–H groups in total.